The highest BCUT2D eigenvalue weighted by Gasteiger charge is 2.34. The van der Waals surface area contributed by atoms with Gasteiger partial charge in [-0.25, -0.2) is 8.42 Å². The van der Waals surface area contributed by atoms with E-state index in [0.29, 0.717) is 25.4 Å². The summed E-state index contributed by atoms with van der Waals surface area (Å²) in [6.07, 6.45) is 2.15. The minimum absolute atomic E-state index is 0.0110. The van der Waals surface area contributed by atoms with Gasteiger partial charge in [-0.1, -0.05) is 6.92 Å². The van der Waals surface area contributed by atoms with Crippen LogP contribution in [0.1, 0.15) is 26.2 Å². The molecule has 2 heterocycles. The highest BCUT2D eigenvalue weighted by molar-refractivity contribution is 7.89. The molecule has 2 aliphatic heterocycles. The van der Waals surface area contributed by atoms with E-state index >= 15 is 0 Å². The summed E-state index contributed by atoms with van der Waals surface area (Å²) in [7, 11) is -0.950. The fraction of sp³-hybridized carbons (Fsp3) is 0.682. The van der Waals surface area contributed by atoms with Crippen LogP contribution in [0.5, 0.6) is 11.5 Å². The number of nitrogens with one attached hydrogen (secondary N) is 1. The number of carbonyl (C=O) groups excluding carboxylic acids is 1. The maximum Gasteiger partial charge on any atom is 0.246 e. The lowest BCUT2D eigenvalue weighted by molar-refractivity contribution is -0.131. The number of piperazine rings is 1. The van der Waals surface area contributed by atoms with Crippen LogP contribution in [-0.2, 0) is 14.8 Å². The Balaban J connectivity index is 1.85. The largest absolute Gasteiger partial charge is 0.497 e. The molecule has 0 bridgehead atoms. The van der Waals surface area contributed by atoms with Crippen molar-refractivity contribution in [2.45, 2.75) is 37.1 Å². The average molecular weight is 469 g/mol. The molecule has 32 heavy (non-hydrogen) atoms. The molecule has 1 amide bonds. The quantitative estimate of drug-likeness (QED) is 0.548. The van der Waals surface area contributed by atoms with E-state index in [1.165, 1.54) is 24.6 Å². The Kier molecular flexibility index (Phi) is 8.75. The fourth-order valence-corrected chi connectivity index (χ4v) is 6.13. The molecule has 0 spiro atoms. The van der Waals surface area contributed by atoms with Crippen molar-refractivity contribution < 1.29 is 22.7 Å². The Bertz CT molecular complexity index is 873. The minimum Gasteiger partial charge on any atom is -0.497 e. The first-order valence-corrected chi connectivity index (χ1v) is 12.8. The number of rotatable bonds is 10. The Morgan fingerprint density at radius 3 is 2.59 bits per heavy atom. The smallest absolute Gasteiger partial charge is 0.246 e. The van der Waals surface area contributed by atoms with Crippen molar-refractivity contribution in [3.05, 3.63) is 18.2 Å². The fourth-order valence-electron chi connectivity index (χ4n) is 4.48. The van der Waals surface area contributed by atoms with Crippen molar-refractivity contribution in [1.29, 1.82) is 0 Å². The normalized spacial score (nSPS) is 20.0. The van der Waals surface area contributed by atoms with Gasteiger partial charge in [-0.15, -0.1) is 0 Å². The van der Waals surface area contributed by atoms with E-state index in [1.807, 2.05) is 0 Å². The van der Waals surface area contributed by atoms with Gasteiger partial charge in [0.15, 0.2) is 0 Å². The zero-order valence-electron chi connectivity index (χ0n) is 19.4. The molecule has 1 atom stereocenters. The van der Waals surface area contributed by atoms with Crippen LogP contribution in [0.4, 0.5) is 0 Å². The van der Waals surface area contributed by atoms with Gasteiger partial charge in [-0.2, -0.15) is 4.31 Å². The predicted octanol–water partition coefficient (Wildman–Crippen LogP) is 1.00. The van der Waals surface area contributed by atoms with Crippen LogP contribution in [-0.4, -0.2) is 101 Å². The summed E-state index contributed by atoms with van der Waals surface area (Å²) >= 11 is 0. The number of hydrogen-bond acceptors (Lipinski definition) is 7. The molecule has 2 saturated heterocycles. The molecule has 2 fully saturated rings. The average Bonchev–Trinajstić information content (AvgIpc) is 3.28. The third-order valence-electron chi connectivity index (χ3n) is 6.35. The van der Waals surface area contributed by atoms with Crippen LogP contribution < -0.4 is 14.8 Å². The van der Waals surface area contributed by atoms with Crippen molar-refractivity contribution in [3.63, 3.8) is 0 Å². The van der Waals surface area contributed by atoms with Gasteiger partial charge in [0, 0.05) is 57.8 Å². The second-order valence-electron chi connectivity index (χ2n) is 8.19. The van der Waals surface area contributed by atoms with Crippen LogP contribution >= 0.6 is 0 Å². The first kappa shape index (κ1) is 24.8. The minimum atomic E-state index is -3.90. The number of likely N-dealkylation sites (tertiary alicyclic amines) is 1. The van der Waals surface area contributed by atoms with E-state index in [1.54, 1.807) is 17.0 Å². The summed E-state index contributed by atoms with van der Waals surface area (Å²) in [4.78, 5) is 16.9. The number of ether oxygens (including phenoxy) is 2. The van der Waals surface area contributed by atoms with E-state index in [-0.39, 0.29) is 35.6 Å². The maximum absolute atomic E-state index is 13.8. The molecule has 1 aromatic rings. The van der Waals surface area contributed by atoms with Gasteiger partial charge in [0.05, 0.1) is 14.2 Å². The number of nitrogens with zero attached hydrogens (tertiary/aromatic N) is 3. The van der Waals surface area contributed by atoms with E-state index in [9.17, 15) is 13.2 Å². The summed E-state index contributed by atoms with van der Waals surface area (Å²) in [6.45, 7) is 7.27. The van der Waals surface area contributed by atoms with Crippen LogP contribution in [0, 0.1) is 0 Å². The van der Waals surface area contributed by atoms with Crippen LogP contribution in [0.2, 0.25) is 0 Å². The van der Waals surface area contributed by atoms with Crippen molar-refractivity contribution in [2.75, 3.05) is 66.6 Å². The number of methoxy groups -OCH3 is 2. The highest BCUT2D eigenvalue weighted by Crippen LogP contribution is 2.31. The third-order valence-corrected chi connectivity index (χ3v) is 8.24. The molecule has 1 N–H and O–H groups in total. The van der Waals surface area contributed by atoms with Gasteiger partial charge in [-0.3, -0.25) is 9.69 Å². The molecule has 0 aliphatic carbocycles. The Hall–Kier alpha value is -1.88. The topological polar surface area (TPSA) is 91.4 Å². The number of benzene rings is 1. The van der Waals surface area contributed by atoms with Crippen molar-refractivity contribution in [3.8, 4) is 11.5 Å². The molecule has 10 heteroatoms. The lowest BCUT2D eigenvalue weighted by Crippen LogP contribution is -2.48. The van der Waals surface area contributed by atoms with Crippen molar-refractivity contribution in [2.24, 2.45) is 0 Å². The molecular formula is C22H36N4O5S. The number of sulfonamides is 1. The third kappa shape index (κ3) is 5.72. The monoisotopic (exact) mass is 468 g/mol. The number of likely N-dealkylation sites (N-methyl/N-ethyl adjacent to an activating group) is 1. The van der Waals surface area contributed by atoms with Crippen molar-refractivity contribution in [1.82, 2.24) is 19.4 Å². The predicted molar refractivity (Wildman–Crippen MR) is 123 cm³/mol. The second-order valence-corrected chi connectivity index (χ2v) is 10.1. The van der Waals surface area contributed by atoms with Gasteiger partial charge >= 0.3 is 0 Å². The van der Waals surface area contributed by atoms with Crippen molar-refractivity contribution >= 4 is 15.9 Å². The van der Waals surface area contributed by atoms with E-state index in [2.05, 4.69) is 17.1 Å². The summed E-state index contributed by atoms with van der Waals surface area (Å²) in [6, 6.07) is 4.90. The molecule has 0 radical (unpaired) electrons. The van der Waals surface area contributed by atoms with Gasteiger partial charge in [-0.05, 0) is 38.1 Å². The van der Waals surface area contributed by atoms with Gasteiger partial charge < -0.3 is 19.7 Å². The Morgan fingerprint density at radius 1 is 1.19 bits per heavy atom. The lowest BCUT2D eigenvalue weighted by atomic mass is 10.2. The molecule has 1 aromatic carbocycles. The standard InChI is InChI=1S/C22H36N4O5S/c1-4-24-12-5-6-18(24)17-26(13-9-22(27)25-14-10-23-11-15-25)32(28,29)21-16-19(30-2)7-8-20(21)31-3/h7-8,16,18,23H,4-6,9-15,17H2,1-3H3/t18-/m0/s1. The second kappa shape index (κ2) is 11.3. The Morgan fingerprint density at radius 2 is 1.94 bits per heavy atom. The number of carbonyl (C=O) groups is 1. The molecular weight excluding hydrogens is 432 g/mol. The van der Waals surface area contributed by atoms with E-state index in [4.69, 9.17) is 9.47 Å². The van der Waals surface area contributed by atoms with E-state index < -0.39 is 10.0 Å². The van der Waals surface area contributed by atoms with Gasteiger partial charge in [0.1, 0.15) is 16.4 Å². The zero-order valence-corrected chi connectivity index (χ0v) is 20.2. The first-order valence-electron chi connectivity index (χ1n) is 11.4. The first-order chi connectivity index (χ1) is 15.4. The molecule has 3 rings (SSSR count). The zero-order chi connectivity index (χ0) is 23.1. The summed E-state index contributed by atoms with van der Waals surface area (Å²) in [5.74, 6) is 0.698. The molecule has 0 aromatic heterocycles. The molecule has 9 nitrogen and oxygen atoms in total. The highest BCUT2D eigenvalue weighted by atomic mass is 32.2. The lowest BCUT2D eigenvalue weighted by Gasteiger charge is -2.31. The molecule has 0 saturated carbocycles. The molecule has 2 aliphatic rings. The van der Waals surface area contributed by atoms with E-state index in [0.717, 1.165) is 39.0 Å². The Labute approximate surface area is 191 Å². The SMILES string of the molecule is CCN1CCC[C@H]1CN(CCC(=O)N1CCNCC1)S(=O)(=O)c1cc(OC)ccc1OC. The summed E-state index contributed by atoms with van der Waals surface area (Å²) in [5.41, 5.74) is 0. The number of amides is 1. The van der Waals surface area contributed by atoms with Crippen LogP contribution in [0.3, 0.4) is 0 Å². The van der Waals surface area contributed by atoms with Gasteiger partial charge in [0.2, 0.25) is 15.9 Å². The van der Waals surface area contributed by atoms with Crippen LogP contribution in [0.25, 0.3) is 0 Å². The van der Waals surface area contributed by atoms with Gasteiger partial charge in [0.25, 0.3) is 0 Å². The number of hydrogen-bond donors (Lipinski definition) is 1. The summed E-state index contributed by atoms with van der Waals surface area (Å²) in [5, 5.41) is 3.23. The molecule has 0 unspecified atom stereocenters. The summed E-state index contributed by atoms with van der Waals surface area (Å²) < 4.78 is 39.7. The molecule has 180 valence electrons. The van der Waals surface area contributed by atoms with Crippen LogP contribution in [0.15, 0.2) is 23.1 Å². The maximum atomic E-state index is 13.8.